The second kappa shape index (κ2) is 5.10. The summed E-state index contributed by atoms with van der Waals surface area (Å²) < 4.78 is 0. The van der Waals surface area contributed by atoms with Crippen molar-refractivity contribution >= 4 is 0 Å². The second-order valence-corrected chi connectivity index (χ2v) is 4.72. The van der Waals surface area contributed by atoms with Crippen LogP contribution < -0.4 is 5.32 Å². The molecule has 2 fully saturated rings. The van der Waals surface area contributed by atoms with Crippen molar-refractivity contribution in [2.75, 3.05) is 32.8 Å². The van der Waals surface area contributed by atoms with Crippen molar-refractivity contribution in [2.24, 2.45) is 5.92 Å². The van der Waals surface area contributed by atoms with Crippen LogP contribution in [-0.4, -0.2) is 48.8 Å². The maximum absolute atomic E-state index is 8.74. The minimum atomic E-state index is 0.263. The molecule has 0 aromatic carbocycles. The lowest BCUT2D eigenvalue weighted by Gasteiger charge is -2.33. The van der Waals surface area contributed by atoms with Crippen molar-refractivity contribution in [1.29, 1.82) is 0 Å². The zero-order chi connectivity index (χ0) is 9.80. The monoisotopic (exact) mass is 198 g/mol. The highest BCUT2D eigenvalue weighted by Gasteiger charge is 2.27. The van der Waals surface area contributed by atoms with Crippen LogP contribution >= 0.6 is 0 Å². The Morgan fingerprint density at radius 1 is 1.29 bits per heavy atom. The lowest BCUT2D eigenvalue weighted by Crippen LogP contribution is -2.46. The Balaban J connectivity index is 1.66. The smallest absolute Gasteiger partial charge is 0.0556 e. The van der Waals surface area contributed by atoms with Gasteiger partial charge in [-0.05, 0) is 38.1 Å². The minimum absolute atomic E-state index is 0.263. The van der Waals surface area contributed by atoms with E-state index in [0.29, 0.717) is 6.04 Å². The summed E-state index contributed by atoms with van der Waals surface area (Å²) in [6.45, 7) is 4.81. The van der Waals surface area contributed by atoms with E-state index >= 15 is 0 Å². The summed E-state index contributed by atoms with van der Waals surface area (Å²) >= 11 is 0. The first-order valence-electron chi connectivity index (χ1n) is 5.95. The minimum Gasteiger partial charge on any atom is -0.395 e. The van der Waals surface area contributed by atoms with E-state index < -0.39 is 0 Å². The third-order valence-corrected chi connectivity index (χ3v) is 3.26. The van der Waals surface area contributed by atoms with Crippen LogP contribution in [0.4, 0.5) is 0 Å². The third-order valence-electron chi connectivity index (χ3n) is 3.26. The van der Waals surface area contributed by atoms with Crippen LogP contribution in [0.3, 0.4) is 0 Å². The number of hydrogen-bond acceptors (Lipinski definition) is 3. The van der Waals surface area contributed by atoms with E-state index in [2.05, 4.69) is 10.2 Å². The molecule has 2 aliphatic rings. The predicted molar refractivity (Wildman–Crippen MR) is 57.3 cm³/mol. The highest BCUT2D eigenvalue weighted by atomic mass is 16.3. The Hall–Kier alpha value is -0.120. The molecule has 1 saturated heterocycles. The maximum atomic E-state index is 8.74. The quantitative estimate of drug-likeness (QED) is 0.673. The first-order chi connectivity index (χ1) is 6.88. The zero-order valence-electron chi connectivity index (χ0n) is 8.91. The lowest BCUT2D eigenvalue weighted by molar-refractivity contribution is 0.177. The van der Waals surface area contributed by atoms with E-state index in [9.17, 15) is 0 Å². The average molecular weight is 198 g/mol. The lowest BCUT2D eigenvalue weighted by atomic mass is 10.1. The molecule has 1 aliphatic heterocycles. The molecule has 1 heterocycles. The van der Waals surface area contributed by atoms with Crippen molar-refractivity contribution < 1.29 is 5.11 Å². The van der Waals surface area contributed by atoms with Crippen LogP contribution in [0.2, 0.25) is 0 Å². The van der Waals surface area contributed by atoms with Gasteiger partial charge >= 0.3 is 0 Å². The molecule has 14 heavy (non-hydrogen) atoms. The Labute approximate surface area is 86.5 Å². The van der Waals surface area contributed by atoms with Crippen LogP contribution in [0, 0.1) is 5.92 Å². The molecule has 3 nitrogen and oxygen atoms in total. The standard InChI is InChI=1S/C11H22N2O/c14-7-5-12-11-2-1-6-13(9-11)8-10-3-4-10/h10-12,14H,1-9H2. The molecule has 1 atom stereocenters. The molecular weight excluding hydrogens is 176 g/mol. The molecule has 1 saturated carbocycles. The van der Waals surface area contributed by atoms with Crippen molar-refractivity contribution in [1.82, 2.24) is 10.2 Å². The highest BCUT2D eigenvalue weighted by molar-refractivity contribution is 4.83. The molecule has 2 rings (SSSR count). The summed E-state index contributed by atoms with van der Waals surface area (Å²) in [6, 6.07) is 0.620. The molecule has 0 aromatic heterocycles. The average Bonchev–Trinajstić information content (AvgIpc) is 2.99. The molecule has 0 spiro atoms. The zero-order valence-corrected chi connectivity index (χ0v) is 8.91. The SMILES string of the molecule is OCCNC1CCCN(CC2CC2)C1. The van der Waals surface area contributed by atoms with Crippen molar-refractivity contribution in [3.63, 3.8) is 0 Å². The molecule has 0 radical (unpaired) electrons. The Bertz CT molecular complexity index is 171. The number of nitrogens with one attached hydrogen (secondary N) is 1. The fourth-order valence-electron chi connectivity index (χ4n) is 2.32. The van der Waals surface area contributed by atoms with Crippen molar-refractivity contribution in [2.45, 2.75) is 31.7 Å². The Morgan fingerprint density at radius 2 is 2.14 bits per heavy atom. The van der Waals surface area contributed by atoms with Crippen LogP contribution in [0.1, 0.15) is 25.7 Å². The highest BCUT2D eigenvalue weighted by Crippen LogP contribution is 2.30. The molecular formula is C11H22N2O. The molecule has 0 bridgehead atoms. The molecule has 1 unspecified atom stereocenters. The van der Waals surface area contributed by atoms with Crippen LogP contribution in [-0.2, 0) is 0 Å². The van der Waals surface area contributed by atoms with Crippen LogP contribution in [0.5, 0.6) is 0 Å². The van der Waals surface area contributed by atoms with Crippen LogP contribution in [0.15, 0.2) is 0 Å². The summed E-state index contributed by atoms with van der Waals surface area (Å²) in [5.41, 5.74) is 0. The third kappa shape index (κ3) is 3.23. The topological polar surface area (TPSA) is 35.5 Å². The van der Waals surface area contributed by atoms with Crippen molar-refractivity contribution in [3.8, 4) is 0 Å². The van der Waals surface area contributed by atoms with Gasteiger partial charge in [-0.2, -0.15) is 0 Å². The number of aliphatic hydroxyl groups excluding tert-OH is 1. The fraction of sp³-hybridized carbons (Fsp3) is 1.00. The molecule has 0 amide bonds. The number of nitrogens with zero attached hydrogens (tertiary/aromatic N) is 1. The van der Waals surface area contributed by atoms with Gasteiger partial charge in [0.1, 0.15) is 0 Å². The second-order valence-electron chi connectivity index (χ2n) is 4.72. The van der Waals surface area contributed by atoms with E-state index in [1.54, 1.807) is 0 Å². The van der Waals surface area contributed by atoms with E-state index in [0.717, 1.165) is 12.5 Å². The number of rotatable bonds is 5. The summed E-state index contributed by atoms with van der Waals surface area (Å²) in [4.78, 5) is 2.59. The van der Waals surface area contributed by atoms with Crippen LogP contribution in [0.25, 0.3) is 0 Å². The Kier molecular flexibility index (Phi) is 3.79. The maximum Gasteiger partial charge on any atom is 0.0556 e. The fourth-order valence-corrected chi connectivity index (χ4v) is 2.32. The Morgan fingerprint density at radius 3 is 2.86 bits per heavy atom. The number of piperidine rings is 1. The summed E-state index contributed by atoms with van der Waals surface area (Å²) in [5, 5.41) is 12.1. The molecule has 82 valence electrons. The van der Waals surface area contributed by atoms with Gasteiger partial charge in [0.2, 0.25) is 0 Å². The van der Waals surface area contributed by atoms with Gasteiger partial charge in [-0.15, -0.1) is 0 Å². The van der Waals surface area contributed by atoms with Gasteiger partial charge in [0.25, 0.3) is 0 Å². The van der Waals surface area contributed by atoms with Gasteiger partial charge in [-0.25, -0.2) is 0 Å². The van der Waals surface area contributed by atoms with E-state index in [-0.39, 0.29) is 6.61 Å². The van der Waals surface area contributed by atoms with Gasteiger partial charge in [0, 0.05) is 25.7 Å². The van der Waals surface area contributed by atoms with E-state index in [4.69, 9.17) is 5.11 Å². The van der Waals surface area contributed by atoms with Gasteiger partial charge in [-0.1, -0.05) is 0 Å². The summed E-state index contributed by atoms with van der Waals surface area (Å²) in [6.07, 6.45) is 5.49. The van der Waals surface area contributed by atoms with E-state index in [1.165, 1.54) is 45.3 Å². The molecule has 3 heteroatoms. The molecule has 1 aliphatic carbocycles. The van der Waals surface area contributed by atoms with Gasteiger partial charge in [-0.3, -0.25) is 0 Å². The van der Waals surface area contributed by atoms with E-state index in [1.807, 2.05) is 0 Å². The first-order valence-corrected chi connectivity index (χ1v) is 5.95. The molecule has 2 N–H and O–H groups in total. The predicted octanol–water partition coefficient (Wildman–Crippen LogP) is 0.443. The molecule has 0 aromatic rings. The summed E-state index contributed by atoms with van der Waals surface area (Å²) in [5.74, 6) is 1.01. The van der Waals surface area contributed by atoms with Gasteiger partial charge in [0.15, 0.2) is 0 Å². The van der Waals surface area contributed by atoms with Gasteiger partial charge < -0.3 is 15.3 Å². The van der Waals surface area contributed by atoms with Crippen molar-refractivity contribution in [3.05, 3.63) is 0 Å². The number of likely N-dealkylation sites (tertiary alicyclic amines) is 1. The largest absolute Gasteiger partial charge is 0.395 e. The summed E-state index contributed by atoms with van der Waals surface area (Å²) in [7, 11) is 0. The normalized spacial score (nSPS) is 29.4. The number of hydrogen-bond donors (Lipinski definition) is 2. The van der Waals surface area contributed by atoms with Gasteiger partial charge in [0.05, 0.1) is 6.61 Å². The first kappa shape index (κ1) is 10.4. The number of aliphatic hydroxyl groups is 1.